The Morgan fingerprint density at radius 1 is 0.821 bits per heavy atom. The van der Waals surface area contributed by atoms with Crippen molar-refractivity contribution < 1.29 is 41.1 Å². The van der Waals surface area contributed by atoms with Crippen molar-refractivity contribution in [2.75, 3.05) is 18.5 Å². The molecule has 2 N–H and O–H groups in total. The average Bonchev–Trinajstić information content (AvgIpc) is 2.71. The van der Waals surface area contributed by atoms with E-state index in [-0.39, 0.29) is 5.56 Å². The number of nitrogens with one attached hydrogen (secondary N) is 2. The number of benzene rings is 2. The second kappa shape index (κ2) is 8.93. The van der Waals surface area contributed by atoms with Gasteiger partial charge in [-0.2, -0.15) is 0 Å². The molecule has 0 heterocycles. The molecule has 0 saturated carbocycles. The van der Waals surface area contributed by atoms with Crippen LogP contribution in [-0.4, -0.2) is 30.9 Å². The van der Waals surface area contributed by atoms with Crippen LogP contribution in [0.5, 0.6) is 0 Å². The first kappa shape index (κ1) is 20.8. The summed E-state index contributed by atoms with van der Waals surface area (Å²) in [5.41, 5.74) is -1.31. The molecule has 0 aliphatic rings. The monoisotopic (exact) mass is 402 g/mol. The van der Waals surface area contributed by atoms with Gasteiger partial charge in [0, 0.05) is 5.56 Å². The fourth-order valence-corrected chi connectivity index (χ4v) is 1.93. The highest BCUT2D eigenvalue weighted by molar-refractivity contribution is 5.96. The SMILES string of the molecule is O=C(COC(=O)CNC(=O)c1ccccc1)Nc1c(F)c(F)c(F)c(F)c1F. The summed E-state index contributed by atoms with van der Waals surface area (Å²) < 4.78 is 70.3. The second-order valence-electron chi connectivity index (χ2n) is 5.20. The zero-order valence-electron chi connectivity index (χ0n) is 13.8. The van der Waals surface area contributed by atoms with E-state index in [2.05, 4.69) is 10.1 Å². The van der Waals surface area contributed by atoms with Crippen LogP contribution < -0.4 is 10.6 Å². The minimum Gasteiger partial charge on any atom is -0.454 e. The van der Waals surface area contributed by atoms with E-state index in [1.54, 1.807) is 18.2 Å². The molecule has 2 rings (SSSR count). The lowest BCUT2D eigenvalue weighted by molar-refractivity contribution is -0.146. The number of ether oxygens (including phenoxy) is 1. The van der Waals surface area contributed by atoms with Crippen molar-refractivity contribution in [1.29, 1.82) is 0 Å². The number of amides is 2. The minimum absolute atomic E-state index is 0.263. The summed E-state index contributed by atoms with van der Waals surface area (Å²) in [5.74, 6) is -14.4. The Bertz CT molecular complexity index is 893. The van der Waals surface area contributed by atoms with Gasteiger partial charge in [-0.1, -0.05) is 18.2 Å². The first-order valence-electron chi connectivity index (χ1n) is 7.52. The molecular formula is C17H11F5N2O4. The average molecular weight is 402 g/mol. The molecule has 2 aromatic carbocycles. The highest BCUT2D eigenvalue weighted by atomic mass is 19.2. The van der Waals surface area contributed by atoms with E-state index < -0.39 is 65.7 Å². The maximum absolute atomic E-state index is 13.4. The third-order valence-electron chi connectivity index (χ3n) is 3.27. The van der Waals surface area contributed by atoms with E-state index in [1.165, 1.54) is 17.4 Å². The zero-order valence-corrected chi connectivity index (χ0v) is 13.8. The number of carbonyl (C=O) groups excluding carboxylic acids is 3. The van der Waals surface area contributed by atoms with Gasteiger partial charge < -0.3 is 15.4 Å². The Kier molecular flexibility index (Phi) is 6.64. The molecule has 0 unspecified atom stereocenters. The van der Waals surface area contributed by atoms with E-state index in [0.717, 1.165) is 0 Å². The third kappa shape index (κ3) is 4.81. The number of halogens is 5. The van der Waals surface area contributed by atoms with Gasteiger partial charge in [-0.15, -0.1) is 0 Å². The topological polar surface area (TPSA) is 84.5 Å². The van der Waals surface area contributed by atoms with E-state index in [1.807, 2.05) is 0 Å². The molecular weight excluding hydrogens is 391 g/mol. The molecule has 0 aromatic heterocycles. The van der Waals surface area contributed by atoms with Gasteiger partial charge in [0.1, 0.15) is 12.2 Å². The van der Waals surface area contributed by atoms with Crippen LogP contribution in [0.4, 0.5) is 27.6 Å². The smallest absolute Gasteiger partial charge is 0.325 e. The van der Waals surface area contributed by atoms with Crippen LogP contribution in [0.15, 0.2) is 30.3 Å². The zero-order chi connectivity index (χ0) is 20.8. The van der Waals surface area contributed by atoms with Gasteiger partial charge in [-0.05, 0) is 12.1 Å². The molecule has 0 bridgehead atoms. The fourth-order valence-electron chi connectivity index (χ4n) is 1.93. The van der Waals surface area contributed by atoms with Crippen molar-refractivity contribution in [3.05, 3.63) is 65.0 Å². The van der Waals surface area contributed by atoms with E-state index >= 15 is 0 Å². The van der Waals surface area contributed by atoms with Crippen LogP contribution in [0.1, 0.15) is 10.4 Å². The quantitative estimate of drug-likeness (QED) is 0.336. The van der Waals surface area contributed by atoms with Crippen LogP contribution in [0.3, 0.4) is 0 Å². The standard InChI is InChI=1S/C17H11F5N2O4/c18-11-12(19)14(21)16(15(22)13(11)20)24-9(25)7-28-10(26)6-23-17(27)8-4-2-1-3-5-8/h1-5H,6-7H2,(H,23,27)(H,24,25). The lowest BCUT2D eigenvalue weighted by Crippen LogP contribution is -2.32. The summed E-state index contributed by atoms with van der Waals surface area (Å²) in [6.07, 6.45) is 0. The van der Waals surface area contributed by atoms with Crippen LogP contribution in [0.25, 0.3) is 0 Å². The number of hydrogen-bond donors (Lipinski definition) is 2. The molecule has 2 aromatic rings. The number of rotatable bonds is 6. The Morgan fingerprint density at radius 2 is 1.36 bits per heavy atom. The molecule has 28 heavy (non-hydrogen) atoms. The number of anilines is 1. The third-order valence-corrected chi connectivity index (χ3v) is 3.27. The predicted octanol–water partition coefficient (Wildman–Crippen LogP) is 2.29. The van der Waals surface area contributed by atoms with E-state index in [4.69, 9.17) is 0 Å². The fraction of sp³-hybridized carbons (Fsp3) is 0.118. The van der Waals surface area contributed by atoms with Gasteiger partial charge in [0.05, 0.1) is 0 Å². The van der Waals surface area contributed by atoms with Crippen molar-refractivity contribution >= 4 is 23.5 Å². The molecule has 0 aliphatic heterocycles. The largest absolute Gasteiger partial charge is 0.454 e. The van der Waals surface area contributed by atoms with Crippen LogP contribution in [0, 0.1) is 29.1 Å². The highest BCUT2D eigenvalue weighted by Gasteiger charge is 2.27. The van der Waals surface area contributed by atoms with Crippen molar-refractivity contribution in [3.8, 4) is 0 Å². The number of carbonyl (C=O) groups is 3. The summed E-state index contributed by atoms with van der Waals surface area (Å²) in [7, 11) is 0. The summed E-state index contributed by atoms with van der Waals surface area (Å²) >= 11 is 0. The predicted molar refractivity (Wildman–Crippen MR) is 84.6 cm³/mol. The van der Waals surface area contributed by atoms with Crippen molar-refractivity contribution in [2.45, 2.75) is 0 Å². The Labute approximate surface area is 154 Å². The number of hydrogen-bond acceptors (Lipinski definition) is 4. The van der Waals surface area contributed by atoms with Gasteiger partial charge in [0.2, 0.25) is 5.82 Å². The number of esters is 1. The summed E-state index contributed by atoms with van der Waals surface area (Å²) in [4.78, 5) is 34.7. The Hall–Kier alpha value is -3.50. The second-order valence-corrected chi connectivity index (χ2v) is 5.20. The maximum Gasteiger partial charge on any atom is 0.325 e. The highest BCUT2D eigenvalue weighted by Crippen LogP contribution is 2.26. The normalized spacial score (nSPS) is 10.3. The van der Waals surface area contributed by atoms with Crippen LogP contribution >= 0.6 is 0 Å². The first-order chi connectivity index (χ1) is 13.2. The summed E-state index contributed by atoms with van der Waals surface area (Å²) in [6.45, 7) is -1.71. The summed E-state index contributed by atoms with van der Waals surface area (Å²) in [5, 5.41) is 3.64. The van der Waals surface area contributed by atoms with Gasteiger partial charge >= 0.3 is 5.97 Å². The molecule has 0 atom stereocenters. The molecule has 0 radical (unpaired) electrons. The van der Waals surface area contributed by atoms with Crippen molar-refractivity contribution in [2.24, 2.45) is 0 Å². The molecule has 0 aliphatic carbocycles. The van der Waals surface area contributed by atoms with Gasteiger partial charge in [0.15, 0.2) is 29.9 Å². The maximum atomic E-state index is 13.4. The van der Waals surface area contributed by atoms with Crippen LogP contribution in [-0.2, 0) is 14.3 Å². The van der Waals surface area contributed by atoms with Gasteiger partial charge in [-0.3, -0.25) is 14.4 Å². The van der Waals surface area contributed by atoms with Crippen molar-refractivity contribution in [3.63, 3.8) is 0 Å². The van der Waals surface area contributed by atoms with E-state index in [9.17, 15) is 36.3 Å². The molecule has 0 fully saturated rings. The lowest BCUT2D eigenvalue weighted by Gasteiger charge is -2.10. The first-order valence-corrected chi connectivity index (χ1v) is 7.52. The van der Waals surface area contributed by atoms with Gasteiger partial charge in [-0.25, -0.2) is 22.0 Å². The molecule has 0 saturated heterocycles. The van der Waals surface area contributed by atoms with Gasteiger partial charge in [0.25, 0.3) is 11.8 Å². The molecule has 2 amide bonds. The molecule has 11 heteroatoms. The molecule has 0 spiro atoms. The van der Waals surface area contributed by atoms with Crippen LogP contribution in [0.2, 0.25) is 0 Å². The Morgan fingerprint density at radius 3 is 1.93 bits per heavy atom. The van der Waals surface area contributed by atoms with Crippen molar-refractivity contribution in [1.82, 2.24) is 5.32 Å². The summed E-state index contributed by atoms with van der Waals surface area (Å²) in [6, 6.07) is 7.83. The van der Waals surface area contributed by atoms with E-state index in [0.29, 0.717) is 0 Å². The Balaban J connectivity index is 1.88. The molecule has 148 valence electrons. The minimum atomic E-state index is -2.38. The lowest BCUT2D eigenvalue weighted by atomic mass is 10.2. The molecule has 6 nitrogen and oxygen atoms in total.